The largest absolute Gasteiger partial charge is 0.492 e. The molecular formula is C36H42N4O7S. The van der Waals surface area contributed by atoms with Gasteiger partial charge in [0, 0.05) is 30.5 Å². The second kappa shape index (κ2) is 13.8. The van der Waals surface area contributed by atoms with Crippen LogP contribution < -0.4 is 20.1 Å². The Labute approximate surface area is 281 Å². The lowest BCUT2D eigenvalue weighted by atomic mass is 9.86. The van der Waals surface area contributed by atoms with E-state index in [0.29, 0.717) is 41.6 Å². The average Bonchev–Trinajstić information content (AvgIpc) is 3.04. The highest BCUT2D eigenvalue weighted by atomic mass is 32.2. The summed E-state index contributed by atoms with van der Waals surface area (Å²) in [5.74, 6) is -0.0222. The van der Waals surface area contributed by atoms with Crippen molar-refractivity contribution in [3.05, 3.63) is 95.6 Å². The van der Waals surface area contributed by atoms with Gasteiger partial charge in [0.1, 0.15) is 5.60 Å². The fourth-order valence-electron chi connectivity index (χ4n) is 6.04. The van der Waals surface area contributed by atoms with Crippen molar-refractivity contribution in [2.45, 2.75) is 38.2 Å². The molecule has 1 aliphatic rings. The van der Waals surface area contributed by atoms with Crippen molar-refractivity contribution in [3.63, 3.8) is 0 Å². The Morgan fingerprint density at radius 2 is 1.58 bits per heavy atom. The van der Waals surface area contributed by atoms with Crippen LogP contribution in [0, 0.1) is 0 Å². The summed E-state index contributed by atoms with van der Waals surface area (Å²) in [5.41, 5.74) is 1.90. The first-order valence-corrected chi connectivity index (χ1v) is 17.5. The Morgan fingerprint density at radius 1 is 0.938 bits per heavy atom. The van der Waals surface area contributed by atoms with Gasteiger partial charge in [-0.3, -0.25) is 9.52 Å². The molecule has 4 aromatic rings. The molecule has 1 unspecified atom stereocenters. The molecule has 4 N–H and O–H groups in total. The quantitative estimate of drug-likeness (QED) is 0.173. The molecule has 12 heteroatoms. The summed E-state index contributed by atoms with van der Waals surface area (Å²) in [4.78, 5) is 29.3. The predicted molar refractivity (Wildman–Crippen MR) is 188 cm³/mol. The summed E-state index contributed by atoms with van der Waals surface area (Å²) in [6.07, 6.45) is 1.39. The minimum atomic E-state index is -3.64. The summed E-state index contributed by atoms with van der Waals surface area (Å²) >= 11 is 0. The number of anilines is 3. The standard InChI is InChI=1S/C36H42N4O7S/c1-35(2,3)25-21-30(32(46-4)31(22-25)39-48(5,44)45)38-34(43)37-29-16-15-28(26-13-9-10-14-27(26)29)33(42)40-18-20-47-36(23-40,17-19-41)24-11-7-6-8-12-24/h6-16,21-22,39,41H,17-20,23H2,1-5H3,(H2,37,38,43). The lowest BCUT2D eigenvalue weighted by Gasteiger charge is -2.43. The molecular weight excluding hydrogens is 632 g/mol. The van der Waals surface area contributed by atoms with E-state index in [1.165, 1.54) is 7.11 Å². The Hall–Kier alpha value is -4.65. The van der Waals surface area contributed by atoms with Gasteiger partial charge in [0.05, 0.1) is 43.6 Å². The number of carbonyl (C=O) groups is 2. The number of fused-ring (bicyclic) bond motifs is 1. The van der Waals surface area contributed by atoms with E-state index in [0.717, 1.165) is 17.4 Å². The first-order chi connectivity index (χ1) is 22.7. The minimum Gasteiger partial charge on any atom is -0.492 e. The third-order valence-electron chi connectivity index (χ3n) is 8.39. The van der Waals surface area contributed by atoms with Crippen LogP contribution in [0.25, 0.3) is 10.8 Å². The lowest BCUT2D eigenvalue weighted by molar-refractivity contribution is -0.115. The molecule has 48 heavy (non-hydrogen) atoms. The van der Waals surface area contributed by atoms with Crippen LogP contribution in [0.4, 0.5) is 21.9 Å². The number of amides is 3. The van der Waals surface area contributed by atoms with E-state index >= 15 is 0 Å². The highest BCUT2D eigenvalue weighted by molar-refractivity contribution is 7.92. The van der Waals surface area contributed by atoms with Gasteiger partial charge in [-0.15, -0.1) is 0 Å². The molecule has 5 rings (SSSR count). The van der Waals surface area contributed by atoms with Crippen molar-refractivity contribution in [2.24, 2.45) is 0 Å². The number of aliphatic hydroxyl groups excluding tert-OH is 1. The van der Waals surface area contributed by atoms with Crippen LogP contribution in [0.2, 0.25) is 0 Å². The molecule has 0 spiro atoms. The maximum Gasteiger partial charge on any atom is 0.323 e. The summed E-state index contributed by atoms with van der Waals surface area (Å²) in [7, 11) is -2.24. The average molecular weight is 675 g/mol. The van der Waals surface area contributed by atoms with Crippen molar-refractivity contribution in [3.8, 4) is 5.75 Å². The first kappa shape index (κ1) is 34.7. The van der Waals surface area contributed by atoms with Gasteiger partial charge in [0.25, 0.3) is 5.91 Å². The number of carbonyl (C=O) groups excluding carboxylic acids is 2. The number of methoxy groups -OCH3 is 1. The van der Waals surface area contributed by atoms with Gasteiger partial charge in [0.15, 0.2) is 5.75 Å². The highest BCUT2D eigenvalue weighted by Crippen LogP contribution is 2.40. The van der Waals surface area contributed by atoms with Gasteiger partial charge in [-0.25, -0.2) is 13.2 Å². The second-order valence-corrected chi connectivity index (χ2v) is 14.7. The maximum atomic E-state index is 14.1. The van der Waals surface area contributed by atoms with Gasteiger partial charge in [-0.2, -0.15) is 0 Å². The summed E-state index contributed by atoms with van der Waals surface area (Å²) in [5, 5.41) is 16.9. The normalized spacial score (nSPS) is 16.8. The van der Waals surface area contributed by atoms with Gasteiger partial charge in [-0.05, 0) is 46.2 Å². The Morgan fingerprint density at radius 3 is 2.23 bits per heavy atom. The second-order valence-electron chi connectivity index (χ2n) is 12.9. The number of benzene rings is 4. The number of morpholine rings is 1. The van der Waals surface area contributed by atoms with Crippen molar-refractivity contribution < 1.29 is 32.6 Å². The van der Waals surface area contributed by atoms with E-state index in [1.54, 1.807) is 29.2 Å². The maximum absolute atomic E-state index is 14.1. The van der Waals surface area contributed by atoms with Crippen molar-refractivity contribution in [1.82, 2.24) is 4.90 Å². The van der Waals surface area contributed by atoms with Crippen LogP contribution in [0.15, 0.2) is 78.9 Å². The molecule has 1 aliphatic heterocycles. The molecule has 11 nitrogen and oxygen atoms in total. The van der Waals surface area contributed by atoms with Crippen LogP contribution in [0.1, 0.15) is 48.7 Å². The van der Waals surface area contributed by atoms with Gasteiger partial charge in [0.2, 0.25) is 10.0 Å². The molecule has 3 amide bonds. The number of nitrogens with zero attached hydrogens (tertiary/aromatic N) is 1. The molecule has 0 radical (unpaired) electrons. The first-order valence-electron chi connectivity index (χ1n) is 15.6. The SMILES string of the molecule is COc1c(NC(=O)Nc2ccc(C(=O)N3CCOC(CCO)(c4ccccc4)C3)c3ccccc23)cc(C(C)(C)C)cc1NS(C)(=O)=O. The number of urea groups is 1. The number of hydrogen-bond acceptors (Lipinski definition) is 7. The zero-order chi connectivity index (χ0) is 34.7. The van der Waals surface area contributed by atoms with Crippen molar-refractivity contribution >= 4 is 49.8 Å². The molecule has 1 heterocycles. The third kappa shape index (κ3) is 7.56. The Balaban J connectivity index is 1.43. The monoisotopic (exact) mass is 674 g/mol. The van der Waals surface area contributed by atoms with Gasteiger partial charge in [-0.1, -0.05) is 75.4 Å². The molecule has 0 bridgehead atoms. The van der Waals surface area contributed by atoms with Crippen LogP contribution in [0.5, 0.6) is 5.75 Å². The number of ether oxygens (including phenoxy) is 2. The molecule has 4 aromatic carbocycles. The summed E-state index contributed by atoms with van der Waals surface area (Å²) in [6.45, 7) is 6.82. The van der Waals surface area contributed by atoms with Crippen LogP contribution in [-0.4, -0.2) is 70.0 Å². The third-order valence-corrected chi connectivity index (χ3v) is 8.98. The van der Waals surface area contributed by atoms with E-state index in [-0.39, 0.29) is 41.6 Å². The minimum absolute atomic E-state index is 0.0931. The molecule has 0 aliphatic carbocycles. The molecule has 0 saturated carbocycles. The van der Waals surface area contributed by atoms with Crippen LogP contribution >= 0.6 is 0 Å². The zero-order valence-electron chi connectivity index (χ0n) is 27.8. The molecule has 1 saturated heterocycles. The number of hydrogen-bond donors (Lipinski definition) is 4. The Bertz CT molecular complexity index is 1920. The topological polar surface area (TPSA) is 146 Å². The molecule has 0 aromatic heterocycles. The summed E-state index contributed by atoms with van der Waals surface area (Å²) < 4.78 is 38.5. The number of sulfonamides is 1. The number of rotatable bonds is 9. The van der Waals surface area contributed by atoms with Crippen molar-refractivity contribution in [1.29, 1.82) is 0 Å². The fourth-order valence-corrected chi connectivity index (χ4v) is 6.59. The summed E-state index contributed by atoms with van der Waals surface area (Å²) in [6, 6.07) is 23.2. The van der Waals surface area contributed by atoms with E-state index in [2.05, 4.69) is 15.4 Å². The van der Waals surface area contributed by atoms with Gasteiger partial charge < -0.3 is 30.1 Å². The van der Waals surface area contributed by atoms with E-state index in [4.69, 9.17) is 9.47 Å². The molecule has 1 atom stereocenters. The smallest absolute Gasteiger partial charge is 0.323 e. The lowest BCUT2D eigenvalue weighted by Crippen LogP contribution is -2.52. The zero-order valence-corrected chi connectivity index (χ0v) is 28.6. The number of aliphatic hydroxyl groups is 1. The van der Waals surface area contributed by atoms with Crippen molar-refractivity contribution in [2.75, 3.05) is 55.0 Å². The number of nitrogens with one attached hydrogen (secondary N) is 3. The van der Waals surface area contributed by atoms with Crippen LogP contribution in [0.3, 0.4) is 0 Å². The molecule has 1 fully saturated rings. The van der Waals surface area contributed by atoms with E-state index < -0.39 is 21.7 Å². The van der Waals surface area contributed by atoms with Gasteiger partial charge >= 0.3 is 6.03 Å². The Kier molecular flexibility index (Phi) is 9.99. The van der Waals surface area contributed by atoms with E-state index in [9.17, 15) is 23.1 Å². The van der Waals surface area contributed by atoms with E-state index in [1.807, 2.05) is 75.4 Å². The predicted octanol–water partition coefficient (Wildman–Crippen LogP) is 5.91. The highest BCUT2D eigenvalue weighted by Gasteiger charge is 2.40. The van der Waals surface area contributed by atoms with Crippen LogP contribution in [-0.2, 0) is 25.8 Å². The fraction of sp³-hybridized carbons (Fsp3) is 0.333. The molecule has 254 valence electrons.